The summed E-state index contributed by atoms with van der Waals surface area (Å²) in [6.45, 7) is 3.26. The zero-order chi connectivity index (χ0) is 9.97. The van der Waals surface area contributed by atoms with Crippen LogP contribution in [0.4, 0.5) is 0 Å². The third-order valence-electron chi connectivity index (χ3n) is 3.42. The summed E-state index contributed by atoms with van der Waals surface area (Å²) in [5, 5.41) is 6.38. The van der Waals surface area contributed by atoms with Gasteiger partial charge in [0.2, 0.25) is 5.91 Å². The van der Waals surface area contributed by atoms with E-state index < -0.39 is 0 Å². The fraction of sp³-hybridized carbons (Fsp3) is 0.909. The van der Waals surface area contributed by atoms with E-state index in [1.807, 2.05) is 0 Å². The molecule has 2 aliphatic rings. The van der Waals surface area contributed by atoms with Crippen molar-refractivity contribution in [2.45, 2.75) is 51.1 Å². The van der Waals surface area contributed by atoms with Crippen LogP contribution < -0.4 is 10.6 Å². The second kappa shape index (κ2) is 4.30. The number of carbonyl (C=O) groups excluding carboxylic acids is 1. The molecule has 0 spiro atoms. The van der Waals surface area contributed by atoms with E-state index >= 15 is 0 Å². The predicted molar refractivity (Wildman–Crippen MR) is 56.0 cm³/mol. The Balaban J connectivity index is 1.76. The van der Waals surface area contributed by atoms with Crippen molar-refractivity contribution in [3.63, 3.8) is 0 Å². The Hall–Kier alpha value is -0.570. The van der Waals surface area contributed by atoms with Crippen LogP contribution in [0.25, 0.3) is 0 Å². The molecule has 0 bridgehead atoms. The summed E-state index contributed by atoms with van der Waals surface area (Å²) >= 11 is 0. The van der Waals surface area contributed by atoms with Gasteiger partial charge in [-0.05, 0) is 44.6 Å². The summed E-state index contributed by atoms with van der Waals surface area (Å²) in [4.78, 5) is 11.7. The van der Waals surface area contributed by atoms with Gasteiger partial charge in [-0.2, -0.15) is 0 Å². The molecule has 3 heteroatoms. The third kappa shape index (κ3) is 2.27. The Morgan fingerprint density at radius 3 is 2.79 bits per heavy atom. The minimum atomic E-state index is 0.0888. The summed E-state index contributed by atoms with van der Waals surface area (Å²) in [5.41, 5.74) is 0. The van der Waals surface area contributed by atoms with Gasteiger partial charge in [-0.3, -0.25) is 4.79 Å². The molecule has 3 atom stereocenters. The Bertz CT molecular complexity index is 211. The van der Waals surface area contributed by atoms with E-state index in [1.165, 1.54) is 19.3 Å². The molecule has 2 N–H and O–H groups in total. The van der Waals surface area contributed by atoms with Gasteiger partial charge in [0, 0.05) is 6.04 Å². The highest BCUT2D eigenvalue weighted by molar-refractivity contribution is 5.82. The zero-order valence-electron chi connectivity index (χ0n) is 8.88. The lowest BCUT2D eigenvalue weighted by Gasteiger charge is -2.16. The lowest BCUT2D eigenvalue weighted by atomic mass is 10.1. The van der Waals surface area contributed by atoms with Crippen LogP contribution in [-0.2, 0) is 4.79 Å². The molecule has 2 rings (SSSR count). The van der Waals surface area contributed by atoms with Gasteiger partial charge in [0.15, 0.2) is 0 Å². The normalized spacial score (nSPS) is 37.4. The van der Waals surface area contributed by atoms with Crippen molar-refractivity contribution in [2.24, 2.45) is 5.92 Å². The molecule has 0 aromatic carbocycles. The zero-order valence-corrected chi connectivity index (χ0v) is 8.88. The molecule has 2 fully saturated rings. The first-order valence-corrected chi connectivity index (χ1v) is 5.79. The Morgan fingerprint density at radius 1 is 1.36 bits per heavy atom. The molecular formula is C11H20N2O. The molecule has 2 unspecified atom stereocenters. The van der Waals surface area contributed by atoms with Gasteiger partial charge in [-0.25, -0.2) is 0 Å². The Labute approximate surface area is 85.6 Å². The van der Waals surface area contributed by atoms with Gasteiger partial charge in [0.05, 0.1) is 6.04 Å². The maximum Gasteiger partial charge on any atom is 0.237 e. The number of nitrogens with one attached hydrogen (secondary N) is 2. The van der Waals surface area contributed by atoms with Crippen molar-refractivity contribution in [1.29, 1.82) is 0 Å². The maximum atomic E-state index is 11.7. The molecule has 0 aromatic rings. The summed E-state index contributed by atoms with van der Waals surface area (Å²) in [6, 6.07) is 0.533. The molecule has 14 heavy (non-hydrogen) atoms. The van der Waals surface area contributed by atoms with E-state index in [0.29, 0.717) is 6.04 Å². The molecular weight excluding hydrogens is 176 g/mol. The Morgan fingerprint density at radius 2 is 2.21 bits per heavy atom. The van der Waals surface area contributed by atoms with E-state index in [1.54, 1.807) is 0 Å². The average molecular weight is 196 g/mol. The third-order valence-corrected chi connectivity index (χ3v) is 3.42. The molecule has 1 heterocycles. The Kier molecular flexibility index (Phi) is 3.06. The van der Waals surface area contributed by atoms with Crippen LogP contribution in [0.5, 0.6) is 0 Å². The van der Waals surface area contributed by atoms with Crippen LogP contribution in [-0.4, -0.2) is 24.5 Å². The number of hydrogen-bond acceptors (Lipinski definition) is 2. The summed E-state index contributed by atoms with van der Waals surface area (Å²) < 4.78 is 0. The van der Waals surface area contributed by atoms with E-state index in [9.17, 15) is 4.79 Å². The minimum absolute atomic E-state index is 0.0888. The van der Waals surface area contributed by atoms with Crippen molar-refractivity contribution in [3.8, 4) is 0 Å². The minimum Gasteiger partial charge on any atom is -0.352 e. The highest BCUT2D eigenvalue weighted by Gasteiger charge is 2.27. The van der Waals surface area contributed by atoms with Crippen LogP contribution in [0, 0.1) is 5.92 Å². The molecule has 1 saturated heterocycles. The van der Waals surface area contributed by atoms with Crippen molar-refractivity contribution in [2.75, 3.05) is 6.54 Å². The molecule has 1 aliphatic heterocycles. The van der Waals surface area contributed by atoms with Crippen LogP contribution in [0.2, 0.25) is 0 Å². The lowest BCUT2D eigenvalue weighted by molar-refractivity contribution is -0.123. The molecule has 0 radical (unpaired) electrons. The van der Waals surface area contributed by atoms with Gasteiger partial charge in [0.25, 0.3) is 0 Å². The van der Waals surface area contributed by atoms with E-state index in [4.69, 9.17) is 0 Å². The number of carbonyl (C=O) groups is 1. The number of amides is 1. The largest absolute Gasteiger partial charge is 0.352 e. The van der Waals surface area contributed by atoms with Gasteiger partial charge in [-0.15, -0.1) is 0 Å². The first-order valence-electron chi connectivity index (χ1n) is 5.79. The summed E-state index contributed by atoms with van der Waals surface area (Å²) in [5.74, 6) is 1.01. The van der Waals surface area contributed by atoms with Crippen molar-refractivity contribution < 1.29 is 4.79 Å². The molecule has 1 saturated carbocycles. The first kappa shape index (κ1) is 9.97. The fourth-order valence-electron chi connectivity index (χ4n) is 2.55. The van der Waals surface area contributed by atoms with Gasteiger partial charge in [0.1, 0.15) is 0 Å². The maximum absolute atomic E-state index is 11.7. The molecule has 3 nitrogen and oxygen atoms in total. The lowest BCUT2D eigenvalue weighted by Crippen LogP contribution is -2.44. The number of hydrogen-bond donors (Lipinski definition) is 2. The van der Waals surface area contributed by atoms with Gasteiger partial charge in [-0.1, -0.05) is 6.92 Å². The smallest absolute Gasteiger partial charge is 0.237 e. The predicted octanol–water partition coefficient (Wildman–Crippen LogP) is 1.04. The standard InChI is InChI=1S/C11H20N2O/c1-8-4-5-9(7-8)13-11(14)10-3-2-6-12-10/h8-10,12H,2-7H2,1H3,(H,13,14)/t8?,9?,10-/m0/s1. The van der Waals surface area contributed by atoms with Crippen LogP contribution in [0.1, 0.15) is 39.0 Å². The summed E-state index contributed by atoms with van der Waals surface area (Å²) in [6.07, 6.45) is 5.74. The van der Waals surface area contributed by atoms with Gasteiger partial charge >= 0.3 is 0 Å². The van der Waals surface area contributed by atoms with Crippen molar-refractivity contribution in [3.05, 3.63) is 0 Å². The second-order valence-corrected chi connectivity index (χ2v) is 4.77. The van der Waals surface area contributed by atoms with E-state index in [2.05, 4.69) is 17.6 Å². The SMILES string of the molecule is CC1CCC(NC(=O)[C@@H]2CCCN2)C1. The quantitative estimate of drug-likeness (QED) is 0.693. The van der Waals surface area contributed by atoms with Crippen LogP contribution in [0.15, 0.2) is 0 Å². The molecule has 1 aliphatic carbocycles. The highest BCUT2D eigenvalue weighted by atomic mass is 16.2. The molecule has 1 amide bonds. The van der Waals surface area contributed by atoms with Crippen LogP contribution >= 0.6 is 0 Å². The van der Waals surface area contributed by atoms with Gasteiger partial charge < -0.3 is 10.6 Å². The monoisotopic (exact) mass is 196 g/mol. The average Bonchev–Trinajstić information content (AvgIpc) is 2.75. The van der Waals surface area contributed by atoms with Crippen LogP contribution in [0.3, 0.4) is 0 Å². The molecule has 80 valence electrons. The number of rotatable bonds is 2. The van der Waals surface area contributed by atoms with Crippen molar-refractivity contribution in [1.82, 2.24) is 10.6 Å². The van der Waals surface area contributed by atoms with E-state index in [0.717, 1.165) is 25.3 Å². The second-order valence-electron chi connectivity index (χ2n) is 4.77. The van der Waals surface area contributed by atoms with E-state index in [-0.39, 0.29) is 11.9 Å². The summed E-state index contributed by atoms with van der Waals surface area (Å²) in [7, 11) is 0. The topological polar surface area (TPSA) is 41.1 Å². The van der Waals surface area contributed by atoms with Crippen molar-refractivity contribution >= 4 is 5.91 Å². The molecule has 0 aromatic heterocycles. The fourth-order valence-corrected chi connectivity index (χ4v) is 2.55. The highest BCUT2D eigenvalue weighted by Crippen LogP contribution is 2.24. The first-order chi connectivity index (χ1) is 6.75.